The quantitative estimate of drug-likeness (QED) is 0.752. The van der Waals surface area contributed by atoms with Crippen LogP contribution in [0.4, 0.5) is 0 Å². The first kappa shape index (κ1) is 14.5. The number of carbonyl (C=O) groups is 2. The molecule has 1 unspecified atom stereocenters. The topological polar surface area (TPSA) is 92.4 Å². The largest absolute Gasteiger partial charge is 0.481 e. The molecule has 0 saturated heterocycles. The zero-order chi connectivity index (χ0) is 13.7. The number of amides is 1. The van der Waals surface area contributed by atoms with E-state index in [2.05, 4.69) is 5.32 Å². The molecule has 0 heterocycles. The van der Waals surface area contributed by atoms with Crippen LogP contribution in [0.25, 0.3) is 0 Å². The van der Waals surface area contributed by atoms with Crippen LogP contribution in [-0.2, 0) is 9.59 Å². The maximum Gasteiger partial charge on any atom is 0.305 e. The number of rotatable bonds is 5. The van der Waals surface area contributed by atoms with E-state index in [9.17, 15) is 9.59 Å². The SMILES string of the molecule is C[C@@H](NC(=O)C(N)CC(=O)O)c1ccc(Cl)cc1. The second-order valence-electron chi connectivity index (χ2n) is 3.99. The Morgan fingerprint density at radius 2 is 1.94 bits per heavy atom. The second-order valence-corrected chi connectivity index (χ2v) is 4.42. The van der Waals surface area contributed by atoms with Gasteiger partial charge in [-0.05, 0) is 24.6 Å². The molecule has 0 aromatic heterocycles. The van der Waals surface area contributed by atoms with Crippen molar-refractivity contribution in [1.82, 2.24) is 5.32 Å². The number of carbonyl (C=O) groups excluding carboxylic acids is 1. The summed E-state index contributed by atoms with van der Waals surface area (Å²) in [5.74, 6) is -1.59. The van der Waals surface area contributed by atoms with Crippen LogP contribution in [0.5, 0.6) is 0 Å². The standard InChI is InChI=1S/C12H15ClN2O3/c1-7(8-2-4-9(13)5-3-8)15-12(18)10(14)6-11(16)17/h2-5,7,10H,6,14H2,1H3,(H,15,18)(H,16,17)/t7-,10?/m1/s1. The first-order valence-electron chi connectivity index (χ1n) is 5.43. The number of nitrogens with one attached hydrogen (secondary N) is 1. The summed E-state index contributed by atoms with van der Waals surface area (Å²) in [6, 6.07) is 5.71. The molecule has 5 nitrogen and oxygen atoms in total. The summed E-state index contributed by atoms with van der Waals surface area (Å²) in [6.07, 6.45) is -0.390. The predicted molar refractivity (Wildman–Crippen MR) is 68.2 cm³/mol. The van der Waals surface area contributed by atoms with E-state index in [0.29, 0.717) is 5.02 Å². The van der Waals surface area contributed by atoms with E-state index in [1.54, 1.807) is 31.2 Å². The molecule has 0 saturated carbocycles. The summed E-state index contributed by atoms with van der Waals surface area (Å²) in [5.41, 5.74) is 6.33. The fraction of sp³-hybridized carbons (Fsp3) is 0.333. The average Bonchev–Trinajstić information content (AvgIpc) is 2.28. The summed E-state index contributed by atoms with van der Waals surface area (Å²) in [7, 11) is 0. The van der Waals surface area contributed by atoms with Crippen molar-refractivity contribution in [2.75, 3.05) is 0 Å². The van der Waals surface area contributed by atoms with E-state index in [-0.39, 0.29) is 12.5 Å². The molecule has 0 bridgehead atoms. The smallest absolute Gasteiger partial charge is 0.305 e. The molecule has 0 spiro atoms. The lowest BCUT2D eigenvalue weighted by atomic mass is 10.1. The molecule has 0 aliphatic heterocycles. The molecule has 0 aliphatic carbocycles. The molecule has 1 aromatic rings. The van der Waals surface area contributed by atoms with E-state index in [0.717, 1.165) is 5.56 Å². The van der Waals surface area contributed by atoms with Crippen LogP contribution in [0.3, 0.4) is 0 Å². The minimum absolute atomic E-state index is 0.255. The Morgan fingerprint density at radius 3 is 2.44 bits per heavy atom. The lowest BCUT2D eigenvalue weighted by Gasteiger charge is -2.17. The van der Waals surface area contributed by atoms with E-state index in [1.165, 1.54) is 0 Å². The fourth-order valence-electron chi connectivity index (χ4n) is 1.44. The minimum atomic E-state index is -1.10. The average molecular weight is 271 g/mol. The molecule has 98 valence electrons. The van der Waals surface area contributed by atoms with Gasteiger partial charge in [0.2, 0.25) is 5.91 Å². The highest BCUT2D eigenvalue weighted by molar-refractivity contribution is 6.30. The number of nitrogens with two attached hydrogens (primary N) is 1. The summed E-state index contributed by atoms with van der Waals surface area (Å²) in [4.78, 5) is 22.0. The Balaban J connectivity index is 2.59. The highest BCUT2D eigenvalue weighted by atomic mass is 35.5. The first-order valence-corrected chi connectivity index (χ1v) is 5.81. The zero-order valence-corrected chi connectivity index (χ0v) is 10.6. The lowest BCUT2D eigenvalue weighted by molar-refractivity contribution is -0.139. The third-order valence-electron chi connectivity index (χ3n) is 2.46. The number of hydrogen-bond donors (Lipinski definition) is 3. The molecular weight excluding hydrogens is 256 g/mol. The monoisotopic (exact) mass is 270 g/mol. The normalized spacial score (nSPS) is 13.7. The van der Waals surface area contributed by atoms with Crippen molar-refractivity contribution >= 4 is 23.5 Å². The van der Waals surface area contributed by atoms with Crippen molar-refractivity contribution < 1.29 is 14.7 Å². The summed E-state index contributed by atoms with van der Waals surface area (Å²) < 4.78 is 0. The van der Waals surface area contributed by atoms with Crippen LogP contribution in [-0.4, -0.2) is 23.0 Å². The molecule has 4 N–H and O–H groups in total. The maximum atomic E-state index is 11.6. The van der Waals surface area contributed by atoms with Crippen LogP contribution in [0.2, 0.25) is 5.02 Å². The van der Waals surface area contributed by atoms with Gasteiger partial charge in [0.25, 0.3) is 0 Å². The summed E-state index contributed by atoms with van der Waals surface area (Å²) in [6.45, 7) is 1.79. The summed E-state index contributed by atoms with van der Waals surface area (Å²) >= 11 is 5.76. The Morgan fingerprint density at radius 1 is 1.39 bits per heavy atom. The van der Waals surface area contributed by atoms with Gasteiger partial charge in [-0.1, -0.05) is 23.7 Å². The van der Waals surface area contributed by atoms with E-state index >= 15 is 0 Å². The van der Waals surface area contributed by atoms with Crippen LogP contribution >= 0.6 is 11.6 Å². The molecule has 1 amide bonds. The Hall–Kier alpha value is -1.59. The Labute approximate surface area is 110 Å². The van der Waals surface area contributed by atoms with Gasteiger partial charge in [0.1, 0.15) is 0 Å². The highest BCUT2D eigenvalue weighted by Crippen LogP contribution is 2.16. The number of carboxylic acid groups (broad SMARTS) is 1. The Kier molecular flexibility index (Phi) is 5.12. The van der Waals surface area contributed by atoms with Crippen LogP contribution in [0, 0.1) is 0 Å². The van der Waals surface area contributed by atoms with Crippen LogP contribution in [0.1, 0.15) is 24.9 Å². The van der Waals surface area contributed by atoms with Gasteiger partial charge in [-0.25, -0.2) is 0 Å². The van der Waals surface area contributed by atoms with Crippen molar-refractivity contribution in [3.63, 3.8) is 0 Å². The number of aliphatic carboxylic acids is 1. The van der Waals surface area contributed by atoms with Crippen molar-refractivity contribution in [1.29, 1.82) is 0 Å². The number of carboxylic acids is 1. The predicted octanol–water partition coefficient (Wildman–Crippen LogP) is 1.32. The van der Waals surface area contributed by atoms with Crippen LogP contribution in [0.15, 0.2) is 24.3 Å². The van der Waals surface area contributed by atoms with Gasteiger partial charge < -0.3 is 16.2 Å². The van der Waals surface area contributed by atoms with Gasteiger partial charge >= 0.3 is 5.97 Å². The van der Waals surface area contributed by atoms with Gasteiger partial charge in [-0.15, -0.1) is 0 Å². The summed E-state index contributed by atoms with van der Waals surface area (Å²) in [5, 5.41) is 11.8. The van der Waals surface area contributed by atoms with Crippen LogP contribution < -0.4 is 11.1 Å². The van der Waals surface area contributed by atoms with E-state index in [1.807, 2.05) is 0 Å². The van der Waals surface area contributed by atoms with E-state index in [4.69, 9.17) is 22.4 Å². The van der Waals surface area contributed by atoms with Gasteiger partial charge in [-0.3, -0.25) is 9.59 Å². The Bertz CT molecular complexity index is 433. The van der Waals surface area contributed by atoms with Gasteiger partial charge in [0, 0.05) is 5.02 Å². The van der Waals surface area contributed by atoms with Gasteiger partial charge in [-0.2, -0.15) is 0 Å². The van der Waals surface area contributed by atoms with Crippen molar-refractivity contribution in [2.45, 2.75) is 25.4 Å². The molecule has 1 rings (SSSR count). The number of benzene rings is 1. The van der Waals surface area contributed by atoms with Gasteiger partial charge in [0.05, 0.1) is 18.5 Å². The molecule has 2 atom stereocenters. The number of hydrogen-bond acceptors (Lipinski definition) is 3. The third kappa shape index (κ3) is 4.35. The number of halogens is 1. The second kappa shape index (κ2) is 6.37. The highest BCUT2D eigenvalue weighted by Gasteiger charge is 2.19. The zero-order valence-electron chi connectivity index (χ0n) is 9.89. The molecule has 0 fully saturated rings. The van der Waals surface area contributed by atoms with Crippen molar-refractivity contribution in [3.8, 4) is 0 Å². The molecule has 1 aromatic carbocycles. The van der Waals surface area contributed by atoms with E-state index < -0.39 is 17.9 Å². The molecule has 0 radical (unpaired) electrons. The molecule has 18 heavy (non-hydrogen) atoms. The minimum Gasteiger partial charge on any atom is -0.481 e. The third-order valence-corrected chi connectivity index (χ3v) is 2.71. The molecule has 6 heteroatoms. The lowest BCUT2D eigenvalue weighted by Crippen LogP contribution is -2.42. The molecule has 0 aliphatic rings. The first-order chi connectivity index (χ1) is 8.40. The fourth-order valence-corrected chi connectivity index (χ4v) is 1.56. The van der Waals surface area contributed by atoms with Crippen molar-refractivity contribution in [3.05, 3.63) is 34.9 Å². The van der Waals surface area contributed by atoms with Crippen molar-refractivity contribution in [2.24, 2.45) is 5.73 Å². The van der Waals surface area contributed by atoms with Gasteiger partial charge in [0.15, 0.2) is 0 Å². The molecular formula is C12H15ClN2O3. The maximum absolute atomic E-state index is 11.6.